The third kappa shape index (κ3) is 2.54. The summed E-state index contributed by atoms with van der Waals surface area (Å²) in [5, 5.41) is 5.85. The van der Waals surface area contributed by atoms with E-state index >= 15 is 0 Å². The monoisotopic (exact) mass is 164 g/mol. The summed E-state index contributed by atoms with van der Waals surface area (Å²) in [6.07, 6.45) is 2.38. The smallest absolute Gasteiger partial charge is 0.235 e. The van der Waals surface area contributed by atoms with Gasteiger partial charge in [-0.3, -0.25) is 10.1 Å². The first-order chi connectivity index (χ1) is 4.33. The lowest BCUT2D eigenvalue weighted by Gasteiger charge is -2.06. The van der Waals surface area contributed by atoms with Crippen LogP contribution in [0.4, 0.5) is 0 Å². The Morgan fingerprint density at radius 3 is 2.80 bits per heavy atom. The molecule has 1 amide bonds. The molecule has 0 aromatic heterocycles. The molecule has 3 nitrogen and oxygen atoms in total. The average molecular weight is 165 g/mol. The summed E-state index contributed by atoms with van der Waals surface area (Å²) in [4.78, 5) is 10.6. The van der Waals surface area contributed by atoms with Gasteiger partial charge >= 0.3 is 0 Å². The van der Waals surface area contributed by atoms with Crippen molar-refractivity contribution in [3.8, 4) is 0 Å². The molecule has 1 aliphatic rings. The van der Waals surface area contributed by atoms with Crippen LogP contribution in [-0.2, 0) is 4.79 Å². The van der Waals surface area contributed by atoms with Gasteiger partial charge in [0.1, 0.15) is 0 Å². The third-order valence-electron chi connectivity index (χ3n) is 1.42. The number of amides is 1. The lowest BCUT2D eigenvalue weighted by atomic mass is 10.3. The molecule has 0 aromatic rings. The number of carbonyl (C=O) groups is 1. The lowest BCUT2D eigenvalue weighted by molar-refractivity contribution is -0.118. The number of hydrogen-bond acceptors (Lipinski definition) is 2. The van der Waals surface area contributed by atoms with E-state index in [-0.39, 0.29) is 24.5 Å². The molecule has 1 atom stereocenters. The maximum atomic E-state index is 10.6. The first kappa shape index (κ1) is 9.72. The van der Waals surface area contributed by atoms with Crippen molar-refractivity contribution in [1.29, 1.82) is 0 Å². The number of halogens is 1. The van der Waals surface area contributed by atoms with E-state index in [9.17, 15) is 4.79 Å². The third-order valence-corrected chi connectivity index (χ3v) is 1.42. The summed E-state index contributed by atoms with van der Waals surface area (Å²) in [5.41, 5.74) is 0. The van der Waals surface area contributed by atoms with Crippen LogP contribution in [0.5, 0.6) is 0 Å². The van der Waals surface area contributed by atoms with E-state index < -0.39 is 0 Å². The van der Waals surface area contributed by atoms with Gasteiger partial charge in [-0.1, -0.05) is 13.3 Å². The molecule has 0 spiro atoms. The Labute approximate surface area is 67.0 Å². The lowest BCUT2D eigenvalue weighted by Crippen LogP contribution is -2.31. The van der Waals surface area contributed by atoms with E-state index in [1.54, 1.807) is 0 Å². The first-order valence-electron chi connectivity index (χ1n) is 3.35. The van der Waals surface area contributed by atoms with Gasteiger partial charge in [0.15, 0.2) is 0 Å². The van der Waals surface area contributed by atoms with Crippen LogP contribution in [0.3, 0.4) is 0 Å². The normalized spacial score (nSPS) is 23.7. The molecule has 1 heterocycles. The molecular weight excluding hydrogens is 152 g/mol. The van der Waals surface area contributed by atoms with Gasteiger partial charge in [0, 0.05) is 0 Å². The van der Waals surface area contributed by atoms with E-state index in [2.05, 4.69) is 17.6 Å². The Bertz CT molecular complexity index is 118. The number of rotatable bonds is 2. The Morgan fingerprint density at radius 1 is 1.70 bits per heavy atom. The van der Waals surface area contributed by atoms with Gasteiger partial charge in [-0.15, -0.1) is 12.4 Å². The van der Waals surface area contributed by atoms with Gasteiger partial charge in [-0.25, -0.2) is 0 Å². The second kappa shape index (κ2) is 4.52. The van der Waals surface area contributed by atoms with Crippen molar-refractivity contribution in [2.75, 3.05) is 6.54 Å². The van der Waals surface area contributed by atoms with Crippen molar-refractivity contribution in [2.24, 2.45) is 0 Å². The zero-order valence-corrected chi connectivity index (χ0v) is 6.83. The molecule has 0 radical (unpaired) electrons. The number of carbonyl (C=O) groups excluding carboxylic acids is 1. The van der Waals surface area contributed by atoms with Crippen LogP contribution in [0.25, 0.3) is 0 Å². The minimum atomic E-state index is 0. The number of nitrogens with one attached hydrogen (secondary N) is 2. The van der Waals surface area contributed by atoms with Crippen LogP contribution in [0, 0.1) is 0 Å². The summed E-state index contributed by atoms with van der Waals surface area (Å²) in [5.74, 6) is 0.119. The minimum Gasteiger partial charge on any atom is -0.340 e. The van der Waals surface area contributed by atoms with Crippen LogP contribution in [0.2, 0.25) is 0 Å². The fourth-order valence-electron chi connectivity index (χ4n) is 0.975. The Kier molecular flexibility index (Phi) is 4.40. The molecule has 0 bridgehead atoms. The standard InChI is InChI=1S/C6H12N2O.ClH/c1-2-3-5-7-4-6(9)8-5;/h5,7H,2-4H2,1H3,(H,8,9);1H. The Morgan fingerprint density at radius 2 is 2.40 bits per heavy atom. The molecule has 1 saturated heterocycles. The van der Waals surface area contributed by atoms with Crippen molar-refractivity contribution in [2.45, 2.75) is 25.9 Å². The molecule has 0 aromatic carbocycles. The predicted octanol–water partition coefficient (Wildman–Crippen LogP) is 0.254. The summed E-state index contributed by atoms with van der Waals surface area (Å²) in [7, 11) is 0. The van der Waals surface area contributed by atoms with Gasteiger partial charge in [0.05, 0.1) is 12.7 Å². The van der Waals surface area contributed by atoms with Crippen LogP contribution in [0.1, 0.15) is 19.8 Å². The average Bonchev–Trinajstić information content (AvgIpc) is 2.17. The zero-order chi connectivity index (χ0) is 6.69. The second-order valence-corrected chi connectivity index (χ2v) is 2.29. The van der Waals surface area contributed by atoms with Crippen molar-refractivity contribution in [1.82, 2.24) is 10.6 Å². The molecule has 10 heavy (non-hydrogen) atoms. The Hall–Kier alpha value is -0.280. The Balaban J connectivity index is 0.000000810. The van der Waals surface area contributed by atoms with Gasteiger partial charge in [-0.2, -0.15) is 0 Å². The maximum absolute atomic E-state index is 10.6. The van der Waals surface area contributed by atoms with Crippen LogP contribution >= 0.6 is 12.4 Å². The first-order valence-corrected chi connectivity index (χ1v) is 3.35. The largest absolute Gasteiger partial charge is 0.340 e. The maximum Gasteiger partial charge on any atom is 0.235 e. The van der Waals surface area contributed by atoms with Crippen LogP contribution in [-0.4, -0.2) is 18.6 Å². The highest BCUT2D eigenvalue weighted by Gasteiger charge is 2.17. The quantitative estimate of drug-likeness (QED) is 0.615. The van der Waals surface area contributed by atoms with Crippen molar-refractivity contribution < 1.29 is 4.79 Å². The molecule has 0 saturated carbocycles. The highest BCUT2D eigenvalue weighted by atomic mass is 35.5. The molecule has 60 valence electrons. The van der Waals surface area contributed by atoms with Gasteiger partial charge in [0.2, 0.25) is 5.91 Å². The van der Waals surface area contributed by atoms with E-state index in [4.69, 9.17) is 0 Å². The van der Waals surface area contributed by atoms with Gasteiger partial charge < -0.3 is 5.32 Å². The summed E-state index contributed by atoms with van der Waals surface area (Å²) in [6.45, 7) is 2.59. The predicted molar refractivity (Wildman–Crippen MR) is 42.1 cm³/mol. The van der Waals surface area contributed by atoms with Crippen molar-refractivity contribution in [3.63, 3.8) is 0 Å². The van der Waals surface area contributed by atoms with E-state index in [0.29, 0.717) is 6.54 Å². The zero-order valence-electron chi connectivity index (χ0n) is 6.02. The molecule has 2 N–H and O–H groups in total. The fraction of sp³-hybridized carbons (Fsp3) is 0.833. The fourth-order valence-corrected chi connectivity index (χ4v) is 0.975. The molecular formula is C6H13ClN2O. The molecule has 4 heteroatoms. The molecule has 1 unspecified atom stereocenters. The summed E-state index contributed by atoms with van der Waals surface area (Å²) < 4.78 is 0. The molecule has 0 aliphatic carbocycles. The number of hydrogen-bond donors (Lipinski definition) is 2. The van der Waals surface area contributed by atoms with E-state index in [1.807, 2.05) is 0 Å². The topological polar surface area (TPSA) is 41.1 Å². The molecule has 1 rings (SSSR count). The van der Waals surface area contributed by atoms with Gasteiger partial charge in [-0.05, 0) is 6.42 Å². The van der Waals surface area contributed by atoms with Crippen LogP contribution < -0.4 is 10.6 Å². The highest BCUT2D eigenvalue weighted by Crippen LogP contribution is 1.95. The highest BCUT2D eigenvalue weighted by molar-refractivity contribution is 5.85. The van der Waals surface area contributed by atoms with Gasteiger partial charge in [0.25, 0.3) is 0 Å². The van der Waals surface area contributed by atoms with E-state index in [0.717, 1.165) is 12.8 Å². The van der Waals surface area contributed by atoms with Crippen molar-refractivity contribution >= 4 is 18.3 Å². The minimum absolute atomic E-state index is 0. The molecule has 1 aliphatic heterocycles. The second-order valence-electron chi connectivity index (χ2n) is 2.29. The SMILES string of the molecule is CCCC1NCC(=O)N1.Cl. The van der Waals surface area contributed by atoms with E-state index in [1.165, 1.54) is 0 Å². The summed E-state index contributed by atoms with van der Waals surface area (Å²) >= 11 is 0. The summed E-state index contributed by atoms with van der Waals surface area (Å²) in [6, 6.07) is 0. The van der Waals surface area contributed by atoms with Crippen LogP contribution in [0.15, 0.2) is 0 Å². The molecule has 1 fully saturated rings. The van der Waals surface area contributed by atoms with Crippen molar-refractivity contribution in [3.05, 3.63) is 0 Å².